The summed E-state index contributed by atoms with van der Waals surface area (Å²) < 4.78 is 18.3. The molecule has 3 amide bonds. The van der Waals surface area contributed by atoms with Crippen LogP contribution in [0.2, 0.25) is 0 Å². The zero-order chi connectivity index (χ0) is 16.2. The van der Waals surface area contributed by atoms with Crippen molar-refractivity contribution in [2.75, 3.05) is 17.2 Å². The Hall–Kier alpha value is -3.09. The van der Waals surface area contributed by atoms with Gasteiger partial charge in [-0.3, -0.25) is 4.79 Å². The topological polar surface area (TPSA) is 79.5 Å². The van der Waals surface area contributed by atoms with Gasteiger partial charge in [0.1, 0.15) is 11.6 Å². The van der Waals surface area contributed by atoms with E-state index in [-0.39, 0.29) is 24.9 Å². The first-order valence-corrected chi connectivity index (χ1v) is 6.96. The fraction of sp³-hybridized carbons (Fsp3) is 0.125. The lowest BCUT2D eigenvalue weighted by Crippen LogP contribution is -2.28. The number of nitrogens with one attached hydrogen (secondary N) is 3. The minimum atomic E-state index is -0.422. The third-order valence-corrected chi connectivity index (χ3v) is 3.21. The molecule has 7 heteroatoms. The molecule has 0 spiro atoms. The van der Waals surface area contributed by atoms with Gasteiger partial charge < -0.3 is 20.7 Å². The van der Waals surface area contributed by atoms with Gasteiger partial charge >= 0.3 is 6.03 Å². The predicted octanol–water partition coefficient (Wildman–Crippen LogP) is 2.48. The summed E-state index contributed by atoms with van der Waals surface area (Å²) in [4.78, 5) is 23.1. The number of benzene rings is 2. The molecule has 1 aliphatic rings. The van der Waals surface area contributed by atoms with Gasteiger partial charge in [0.2, 0.25) is 0 Å². The summed E-state index contributed by atoms with van der Waals surface area (Å²) in [6.45, 7) is 0.156. The Balaban J connectivity index is 1.59. The Morgan fingerprint density at radius 3 is 2.96 bits per heavy atom. The molecule has 2 aromatic carbocycles. The van der Waals surface area contributed by atoms with Gasteiger partial charge in [-0.15, -0.1) is 0 Å². The number of carbonyl (C=O) groups excluding carboxylic acids is 2. The molecule has 0 atom stereocenters. The summed E-state index contributed by atoms with van der Waals surface area (Å²) in [5.74, 6) is -0.0721. The van der Waals surface area contributed by atoms with Gasteiger partial charge in [-0.1, -0.05) is 12.1 Å². The lowest BCUT2D eigenvalue weighted by molar-refractivity contribution is -0.118. The van der Waals surface area contributed by atoms with Gasteiger partial charge in [0.15, 0.2) is 6.61 Å². The summed E-state index contributed by atoms with van der Waals surface area (Å²) in [5, 5.41) is 7.95. The summed E-state index contributed by atoms with van der Waals surface area (Å²) in [7, 11) is 0. The average Bonchev–Trinajstić information content (AvgIpc) is 2.53. The molecule has 0 aliphatic carbocycles. The molecular formula is C16H14FN3O3. The molecule has 1 aliphatic heterocycles. The highest BCUT2D eigenvalue weighted by atomic mass is 19.1. The monoisotopic (exact) mass is 315 g/mol. The van der Waals surface area contributed by atoms with Crippen molar-refractivity contribution in [3.8, 4) is 5.75 Å². The van der Waals surface area contributed by atoms with Gasteiger partial charge in [0.25, 0.3) is 5.91 Å². The smallest absolute Gasteiger partial charge is 0.319 e. The van der Waals surface area contributed by atoms with Crippen molar-refractivity contribution in [2.45, 2.75) is 6.54 Å². The number of rotatable bonds is 3. The van der Waals surface area contributed by atoms with Crippen LogP contribution in [-0.4, -0.2) is 18.5 Å². The largest absolute Gasteiger partial charge is 0.482 e. The third-order valence-electron chi connectivity index (χ3n) is 3.21. The van der Waals surface area contributed by atoms with Gasteiger partial charge in [-0.2, -0.15) is 0 Å². The molecule has 0 saturated heterocycles. The first-order chi connectivity index (χ1) is 11.1. The fourth-order valence-corrected chi connectivity index (χ4v) is 2.16. The maximum atomic E-state index is 13.1. The first kappa shape index (κ1) is 14.8. The molecule has 118 valence electrons. The van der Waals surface area contributed by atoms with E-state index in [9.17, 15) is 14.0 Å². The van der Waals surface area contributed by atoms with E-state index in [0.29, 0.717) is 22.7 Å². The van der Waals surface area contributed by atoms with Crippen LogP contribution in [0.1, 0.15) is 5.56 Å². The number of carbonyl (C=O) groups is 2. The third kappa shape index (κ3) is 3.76. The highest BCUT2D eigenvalue weighted by molar-refractivity contribution is 5.96. The molecule has 0 fully saturated rings. The molecule has 0 radical (unpaired) electrons. The van der Waals surface area contributed by atoms with Gasteiger partial charge in [0.05, 0.1) is 5.69 Å². The second-order valence-electron chi connectivity index (χ2n) is 4.99. The van der Waals surface area contributed by atoms with Crippen LogP contribution in [0.3, 0.4) is 0 Å². The minimum absolute atomic E-state index is 0.0534. The van der Waals surface area contributed by atoms with E-state index in [1.54, 1.807) is 30.3 Å². The normalized spacial score (nSPS) is 12.7. The summed E-state index contributed by atoms with van der Waals surface area (Å²) in [6, 6.07) is 10.5. The van der Waals surface area contributed by atoms with E-state index in [4.69, 9.17) is 4.74 Å². The van der Waals surface area contributed by atoms with Gasteiger partial charge in [0, 0.05) is 18.3 Å². The van der Waals surface area contributed by atoms with Crippen LogP contribution in [0.25, 0.3) is 0 Å². The molecule has 6 nitrogen and oxygen atoms in total. The van der Waals surface area contributed by atoms with Crippen LogP contribution in [0, 0.1) is 5.82 Å². The van der Waals surface area contributed by atoms with E-state index in [1.165, 1.54) is 12.1 Å². The molecule has 0 bridgehead atoms. The summed E-state index contributed by atoms with van der Waals surface area (Å²) >= 11 is 0. The van der Waals surface area contributed by atoms with E-state index in [1.807, 2.05) is 0 Å². The molecule has 0 saturated carbocycles. The fourth-order valence-electron chi connectivity index (χ4n) is 2.16. The molecule has 0 unspecified atom stereocenters. The lowest BCUT2D eigenvalue weighted by atomic mass is 10.2. The number of halogens is 1. The molecule has 0 aromatic heterocycles. The van der Waals surface area contributed by atoms with Crippen molar-refractivity contribution < 1.29 is 18.7 Å². The molecule has 2 aromatic rings. The quantitative estimate of drug-likeness (QED) is 0.814. The number of fused-ring (bicyclic) bond motifs is 1. The van der Waals surface area contributed by atoms with E-state index < -0.39 is 6.03 Å². The van der Waals surface area contributed by atoms with Crippen LogP contribution in [0.15, 0.2) is 42.5 Å². The highest BCUT2D eigenvalue weighted by Gasteiger charge is 2.16. The van der Waals surface area contributed by atoms with Crippen LogP contribution < -0.4 is 20.7 Å². The van der Waals surface area contributed by atoms with Crippen molar-refractivity contribution in [3.63, 3.8) is 0 Å². The van der Waals surface area contributed by atoms with Crippen LogP contribution in [0.5, 0.6) is 5.75 Å². The van der Waals surface area contributed by atoms with Crippen molar-refractivity contribution in [3.05, 3.63) is 53.8 Å². The number of urea groups is 1. The number of anilines is 2. The molecule has 1 heterocycles. The predicted molar refractivity (Wildman–Crippen MR) is 82.8 cm³/mol. The molecule has 3 N–H and O–H groups in total. The highest BCUT2D eigenvalue weighted by Crippen LogP contribution is 2.30. The van der Waals surface area contributed by atoms with Crippen molar-refractivity contribution in [1.29, 1.82) is 0 Å². The van der Waals surface area contributed by atoms with Crippen molar-refractivity contribution in [2.24, 2.45) is 0 Å². The Labute approximate surface area is 131 Å². The standard InChI is InChI=1S/C16H14FN3O3/c17-11-3-1-2-10(6-11)8-18-16(22)19-12-4-5-13-14(7-12)23-9-15(21)20-13/h1-7H,8-9H2,(H,20,21)(H2,18,19,22). The van der Waals surface area contributed by atoms with E-state index in [2.05, 4.69) is 16.0 Å². The SMILES string of the molecule is O=C1COc2cc(NC(=O)NCc3cccc(F)c3)ccc2N1. The van der Waals surface area contributed by atoms with E-state index in [0.717, 1.165) is 0 Å². The molecule has 3 rings (SSSR count). The maximum Gasteiger partial charge on any atom is 0.319 e. The zero-order valence-corrected chi connectivity index (χ0v) is 12.1. The van der Waals surface area contributed by atoms with Crippen LogP contribution in [0.4, 0.5) is 20.6 Å². The van der Waals surface area contributed by atoms with Crippen LogP contribution in [-0.2, 0) is 11.3 Å². The van der Waals surface area contributed by atoms with Gasteiger partial charge in [-0.25, -0.2) is 9.18 Å². The minimum Gasteiger partial charge on any atom is -0.482 e. The van der Waals surface area contributed by atoms with Gasteiger partial charge in [-0.05, 0) is 29.8 Å². The number of hydrogen-bond donors (Lipinski definition) is 3. The molecule has 23 heavy (non-hydrogen) atoms. The maximum absolute atomic E-state index is 13.1. The Morgan fingerprint density at radius 2 is 2.13 bits per heavy atom. The van der Waals surface area contributed by atoms with E-state index >= 15 is 0 Å². The lowest BCUT2D eigenvalue weighted by Gasteiger charge is -2.18. The zero-order valence-electron chi connectivity index (χ0n) is 12.1. The van der Waals surface area contributed by atoms with Crippen LogP contribution >= 0.6 is 0 Å². The second kappa shape index (κ2) is 6.35. The van der Waals surface area contributed by atoms with Crippen molar-refractivity contribution >= 4 is 23.3 Å². The Morgan fingerprint density at radius 1 is 1.26 bits per heavy atom. The number of ether oxygens (including phenoxy) is 1. The molecular weight excluding hydrogens is 301 g/mol. The van der Waals surface area contributed by atoms with Crippen molar-refractivity contribution in [1.82, 2.24) is 5.32 Å². The summed E-state index contributed by atoms with van der Waals surface area (Å²) in [6.07, 6.45) is 0. The number of amides is 3. The Bertz CT molecular complexity index is 764. The summed E-state index contributed by atoms with van der Waals surface area (Å²) in [5.41, 5.74) is 1.75. The average molecular weight is 315 g/mol. The number of hydrogen-bond acceptors (Lipinski definition) is 3. The Kier molecular flexibility index (Phi) is 4.09. The first-order valence-electron chi connectivity index (χ1n) is 6.96. The second-order valence-corrected chi connectivity index (χ2v) is 4.99.